The number of benzene rings is 2. The molecule has 2 amide bonds. The van der Waals surface area contributed by atoms with E-state index in [4.69, 9.17) is 10.5 Å². The molecule has 7 nitrogen and oxygen atoms in total. The highest BCUT2D eigenvalue weighted by atomic mass is 16.5. The van der Waals surface area contributed by atoms with Gasteiger partial charge in [-0.1, -0.05) is 6.07 Å². The summed E-state index contributed by atoms with van der Waals surface area (Å²) in [5.41, 5.74) is 6.41. The number of carbonyl (C=O) groups excluding carboxylic acids is 3. The van der Waals surface area contributed by atoms with Gasteiger partial charge in [-0.3, -0.25) is 14.5 Å². The average molecular weight is 311 g/mol. The summed E-state index contributed by atoms with van der Waals surface area (Å²) < 4.78 is 5.59. The number of nitrogens with two attached hydrogens (primary N) is 1. The van der Waals surface area contributed by atoms with E-state index in [9.17, 15) is 19.5 Å². The smallest absolute Gasteiger partial charge is 0.262 e. The lowest BCUT2D eigenvalue weighted by Crippen LogP contribution is -2.41. The number of ether oxygens (including phenoxy) is 1. The van der Waals surface area contributed by atoms with Crippen LogP contribution in [0.4, 0.5) is 5.69 Å². The normalized spacial score (nSPS) is 13.1. The fourth-order valence-corrected chi connectivity index (χ4v) is 2.32. The van der Waals surface area contributed by atoms with Crippen LogP contribution in [0.3, 0.4) is 0 Å². The number of hydrogen-bond donors (Lipinski definition) is 1. The lowest BCUT2D eigenvalue weighted by atomic mass is 10.1. The molecule has 0 bridgehead atoms. The third kappa shape index (κ3) is 2.71. The Labute approximate surface area is 130 Å². The Morgan fingerprint density at radius 3 is 2.43 bits per heavy atom. The predicted molar refractivity (Wildman–Crippen MR) is 77.7 cm³/mol. The second-order valence-corrected chi connectivity index (χ2v) is 4.95. The summed E-state index contributed by atoms with van der Waals surface area (Å²) >= 11 is 0. The summed E-state index contributed by atoms with van der Waals surface area (Å²) in [6.07, 6.45) is 0. The van der Waals surface area contributed by atoms with Crippen LogP contribution in [0.15, 0.2) is 42.5 Å². The minimum absolute atomic E-state index is 0.0950. The van der Waals surface area contributed by atoms with Crippen molar-refractivity contribution in [2.24, 2.45) is 0 Å². The molecule has 0 atom stereocenters. The van der Waals surface area contributed by atoms with Crippen molar-refractivity contribution in [1.82, 2.24) is 4.90 Å². The van der Waals surface area contributed by atoms with Crippen molar-refractivity contribution < 1.29 is 24.2 Å². The predicted octanol–water partition coefficient (Wildman–Crippen LogP) is 0.407. The minimum atomic E-state index is -1.50. The van der Waals surface area contributed by atoms with Crippen molar-refractivity contribution in [2.45, 2.75) is 0 Å². The molecule has 0 fully saturated rings. The minimum Gasteiger partial charge on any atom is -0.548 e. The Bertz CT molecular complexity index is 831. The number of carboxylic acid groups (broad SMARTS) is 1. The van der Waals surface area contributed by atoms with Crippen LogP contribution in [0.2, 0.25) is 0 Å². The molecule has 3 rings (SSSR count). The first-order chi connectivity index (χ1) is 11.0. The molecule has 0 saturated carbocycles. The van der Waals surface area contributed by atoms with Crippen LogP contribution in [-0.4, -0.2) is 29.2 Å². The summed E-state index contributed by atoms with van der Waals surface area (Å²) in [6.45, 7) is -0.780. The zero-order chi connectivity index (χ0) is 16.6. The van der Waals surface area contributed by atoms with Gasteiger partial charge in [0, 0.05) is 11.8 Å². The molecule has 2 aromatic carbocycles. The lowest BCUT2D eigenvalue weighted by molar-refractivity contribution is -0.305. The maximum atomic E-state index is 12.1. The number of amides is 2. The van der Waals surface area contributed by atoms with Crippen LogP contribution in [-0.2, 0) is 4.79 Å². The van der Waals surface area contributed by atoms with Crippen LogP contribution in [0.5, 0.6) is 11.5 Å². The summed E-state index contributed by atoms with van der Waals surface area (Å²) in [6, 6.07) is 11.1. The number of aliphatic carboxylic acids is 1. The van der Waals surface area contributed by atoms with E-state index < -0.39 is 24.3 Å². The highest BCUT2D eigenvalue weighted by molar-refractivity contribution is 6.22. The molecular weight excluding hydrogens is 300 g/mol. The number of nitrogen functional groups attached to an aromatic ring is 1. The third-order valence-electron chi connectivity index (χ3n) is 3.32. The monoisotopic (exact) mass is 311 g/mol. The molecule has 1 heterocycles. The molecule has 0 aliphatic carbocycles. The van der Waals surface area contributed by atoms with Crippen molar-refractivity contribution in [3.8, 4) is 11.5 Å². The molecule has 116 valence electrons. The van der Waals surface area contributed by atoms with Gasteiger partial charge >= 0.3 is 0 Å². The Morgan fingerprint density at radius 2 is 1.74 bits per heavy atom. The number of imide groups is 1. The van der Waals surface area contributed by atoms with E-state index in [1.165, 1.54) is 18.2 Å². The molecule has 0 unspecified atom stereocenters. The molecule has 1 aliphatic rings. The Hall–Kier alpha value is -3.35. The second-order valence-electron chi connectivity index (χ2n) is 4.95. The maximum absolute atomic E-state index is 12.1. The molecule has 0 spiro atoms. The van der Waals surface area contributed by atoms with Gasteiger partial charge in [-0.15, -0.1) is 0 Å². The first-order valence-corrected chi connectivity index (χ1v) is 6.69. The van der Waals surface area contributed by atoms with Crippen LogP contribution in [0.1, 0.15) is 20.7 Å². The van der Waals surface area contributed by atoms with Gasteiger partial charge in [0.25, 0.3) is 11.8 Å². The highest BCUT2D eigenvalue weighted by Crippen LogP contribution is 2.29. The molecule has 2 N–H and O–H groups in total. The first-order valence-electron chi connectivity index (χ1n) is 6.69. The number of nitrogens with zero attached hydrogens (tertiary/aromatic N) is 1. The van der Waals surface area contributed by atoms with Gasteiger partial charge < -0.3 is 20.4 Å². The molecule has 7 heteroatoms. The van der Waals surface area contributed by atoms with E-state index in [0.29, 0.717) is 22.1 Å². The third-order valence-corrected chi connectivity index (χ3v) is 3.32. The largest absolute Gasteiger partial charge is 0.548 e. The van der Waals surface area contributed by atoms with Crippen LogP contribution in [0, 0.1) is 0 Å². The Kier molecular flexibility index (Phi) is 3.46. The number of carboxylic acids is 1. The molecule has 0 aromatic heterocycles. The van der Waals surface area contributed by atoms with Crippen LogP contribution >= 0.6 is 0 Å². The van der Waals surface area contributed by atoms with Gasteiger partial charge in [0.05, 0.1) is 23.6 Å². The van der Waals surface area contributed by atoms with Gasteiger partial charge in [0.15, 0.2) is 0 Å². The summed E-state index contributed by atoms with van der Waals surface area (Å²) in [5.74, 6) is -2.04. The van der Waals surface area contributed by atoms with E-state index in [1.807, 2.05) is 0 Å². The Morgan fingerprint density at radius 1 is 1.04 bits per heavy atom. The van der Waals surface area contributed by atoms with E-state index in [1.54, 1.807) is 24.3 Å². The van der Waals surface area contributed by atoms with Gasteiger partial charge in [-0.2, -0.15) is 0 Å². The van der Waals surface area contributed by atoms with Gasteiger partial charge in [0.1, 0.15) is 11.5 Å². The van der Waals surface area contributed by atoms with Crippen molar-refractivity contribution >= 4 is 23.5 Å². The topological polar surface area (TPSA) is 113 Å². The quantitative estimate of drug-likeness (QED) is 0.646. The molecule has 23 heavy (non-hydrogen) atoms. The van der Waals surface area contributed by atoms with Crippen molar-refractivity contribution in [2.75, 3.05) is 12.3 Å². The number of hydrogen-bond acceptors (Lipinski definition) is 6. The fraction of sp³-hybridized carbons (Fsp3) is 0.0625. The van der Waals surface area contributed by atoms with Crippen LogP contribution in [0.25, 0.3) is 0 Å². The van der Waals surface area contributed by atoms with E-state index in [-0.39, 0.29) is 11.1 Å². The van der Waals surface area contributed by atoms with Crippen LogP contribution < -0.4 is 15.6 Å². The zero-order valence-corrected chi connectivity index (χ0v) is 11.8. The number of fused-ring (bicyclic) bond motifs is 1. The maximum Gasteiger partial charge on any atom is 0.262 e. The summed E-state index contributed by atoms with van der Waals surface area (Å²) in [7, 11) is 0. The number of carbonyl (C=O) groups is 3. The van der Waals surface area contributed by atoms with E-state index >= 15 is 0 Å². The highest BCUT2D eigenvalue weighted by Gasteiger charge is 2.35. The molecular formula is C16H11N2O5-. The molecule has 2 aromatic rings. The molecule has 0 radical (unpaired) electrons. The first kappa shape index (κ1) is 14.6. The van der Waals surface area contributed by atoms with Gasteiger partial charge in [0.2, 0.25) is 0 Å². The molecule has 1 aliphatic heterocycles. The summed E-state index contributed by atoms with van der Waals surface area (Å²) in [5, 5.41) is 10.6. The summed E-state index contributed by atoms with van der Waals surface area (Å²) in [4.78, 5) is 35.4. The lowest BCUT2D eigenvalue weighted by Gasteiger charge is -2.13. The van der Waals surface area contributed by atoms with E-state index in [2.05, 4.69) is 0 Å². The average Bonchev–Trinajstić information content (AvgIpc) is 2.72. The number of rotatable bonds is 4. The fourth-order valence-electron chi connectivity index (χ4n) is 2.32. The SMILES string of the molecule is Nc1cccc(Oc2ccc3c(c2)C(=O)N(CC(=O)[O-])C3=O)c1. The van der Waals surface area contributed by atoms with Crippen molar-refractivity contribution in [3.63, 3.8) is 0 Å². The zero-order valence-electron chi connectivity index (χ0n) is 11.8. The van der Waals surface area contributed by atoms with Gasteiger partial charge in [-0.05, 0) is 30.3 Å². The second kappa shape index (κ2) is 5.45. The Balaban J connectivity index is 1.90. The van der Waals surface area contributed by atoms with Crippen molar-refractivity contribution in [3.05, 3.63) is 53.6 Å². The van der Waals surface area contributed by atoms with Crippen molar-refractivity contribution in [1.29, 1.82) is 0 Å². The molecule has 0 saturated heterocycles. The number of anilines is 1. The standard InChI is InChI=1S/C16H12N2O5/c17-9-2-1-3-10(6-9)23-11-4-5-12-13(7-11)16(22)18(15(12)21)8-14(19)20/h1-7H,8,17H2,(H,19,20)/p-1. The van der Waals surface area contributed by atoms with E-state index in [0.717, 1.165) is 0 Å². The van der Waals surface area contributed by atoms with Gasteiger partial charge in [-0.25, -0.2) is 0 Å².